The molecule has 0 saturated carbocycles. The first kappa shape index (κ1) is 25.3. The predicted octanol–water partition coefficient (Wildman–Crippen LogP) is 2.98. The topological polar surface area (TPSA) is 102 Å². The maximum atomic E-state index is 12.2. The zero-order chi connectivity index (χ0) is 24.7. The van der Waals surface area contributed by atoms with Gasteiger partial charge in [-0.1, -0.05) is 12.1 Å². The standard InChI is InChI=1S/C25H31NO8/c1-25(2,34-21(27)14-32-12-11-29-3)15-33-22-17(9-10-20(30-4)23(22)31-5)16-7-6-8-18-19(16)13-26-24(18)28/h6-10H,11-15H2,1-5H3,(H,26,28). The normalized spacial score (nSPS) is 12.7. The number of amides is 1. The molecule has 0 unspecified atom stereocenters. The lowest BCUT2D eigenvalue weighted by Gasteiger charge is -2.27. The smallest absolute Gasteiger partial charge is 0.332 e. The van der Waals surface area contributed by atoms with E-state index in [0.29, 0.717) is 42.6 Å². The molecule has 0 saturated heterocycles. The second-order valence-electron chi connectivity index (χ2n) is 8.26. The number of ether oxygens (including phenoxy) is 6. The number of hydrogen-bond acceptors (Lipinski definition) is 8. The van der Waals surface area contributed by atoms with Crippen molar-refractivity contribution >= 4 is 11.9 Å². The molecule has 9 nitrogen and oxygen atoms in total. The molecule has 2 aromatic rings. The number of methoxy groups -OCH3 is 3. The van der Waals surface area contributed by atoms with E-state index < -0.39 is 11.6 Å². The Labute approximate surface area is 199 Å². The first-order valence-electron chi connectivity index (χ1n) is 10.9. The summed E-state index contributed by atoms with van der Waals surface area (Å²) in [6.45, 7) is 4.46. The van der Waals surface area contributed by atoms with Gasteiger partial charge in [0.2, 0.25) is 5.75 Å². The molecule has 0 atom stereocenters. The Kier molecular flexibility index (Phi) is 8.36. The minimum atomic E-state index is -0.955. The van der Waals surface area contributed by atoms with Crippen LogP contribution in [0.15, 0.2) is 30.3 Å². The number of fused-ring (bicyclic) bond motifs is 1. The van der Waals surface area contributed by atoms with Gasteiger partial charge in [0.1, 0.15) is 18.8 Å². The minimum Gasteiger partial charge on any atom is -0.493 e. The number of hydrogen-bond donors (Lipinski definition) is 1. The molecule has 2 aromatic carbocycles. The van der Waals surface area contributed by atoms with Gasteiger partial charge in [-0.05, 0) is 43.2 Å². The summed E-state index contributed by atoms with van der Waals surface area (Å²) in [5, 5.41) is 2.86. The molecule has 3 rings (SSSR count). The quantitative estimate of drug-likeness (QED) is 0.371. The first-order valence-corrected chi connectivity index (χ1v) is 10.9. The predicted molar refractivity (Wildman–Crippen MR) is 125 cm³/mol. The van der Waals surface area contributed by atoms with Crippen molar-refractivity contribution in [2.75, 3.05) is 47.8 Å². The average molecular weight is 474 g/mol. The van der Waals surface area contributed by atoms with Crippen LogP contribution in [0.2, 0.25) is 0 Å². The van der Waals surface area contributed by atoms with Crippen LogP contribution in [0.4, 0.5) is 0 Å². The van der Waals surface area contributed by atoms with Gasteiger partial charge in [-0.25, -0.2) is 4.79 Å². The molecule has 0 spiro atoms. The van der Waals surface area contributed by atoms with Gasteiger partial charge in [-0.2, -0.15) is 0 Å². The average Bonchev–Trinajstić information content (AvgIpc) is 3.20. The molecular weight excluding hydrogens is 442 g/mol. The van der Waals surface area contributed by atoms with Gasteiger partial charge < -0.3 is 33.7 Å². The van der Waals surface area contributed by atoms with Crippen LogP contribution in [0.25, 0.3) is 11.1 Å². The van der Waals surface area contributed by atoms with E-state index in [2.05, 4.69) is 5.32 Å². The Morgan fingerprint density at radius 2 is 1.74 bits per heavy atom. The molecule has 0 aliphatic carbocycles. The number of nitrogens with one attached hydrogen (secondary N) is 1. The summed E-state index contributed by atoms with van der Waals surface area (Å²) in [7, 11) is 4.62. The van der Waals surface area contributed by atoms with E-state index in [1.165, 1.54) is 7.11 Å². The van der Waals surface area contributed by atoms with Crippen LogP contribution in [-0.2, 0) is 25.5 Å². The lowest BCUT2D eigenvalue weighted by molar-refractivity contribution is -0.164. The van der Waals surface area contributed by atoms with Crippen LogP contribution in [0, 0.1) is 0 Å². The number of carbonyl (C=O) groups excluding carboxylic acids is 2. The van der Waals surface area contributed by atoms with E-state index in [1.807, 2.05) is 18.2 Å². The highest BCUT2D eigenvalue weighted by Gasteiger charge is 2.29. The molecule has 0 fully saturated rings. The Hall–Kier alpha value is -3.30. The van der Waals surface area contributed by atoms with Gasteiger partial charge in [0.15, 0.2) is 11.5 Å². The lowest BCUT2D eigenvalue weighted by Crippen LogP contribution is -2.36. The highest BCUT2D eigenvalue weighted by molar-refractivity contribution is 6.01. The summed E-state index contributed by atoms with van der Waals surface area (Å²) in [6.07, 6.45) is 0. The molecule has 1 heterocycles. The summed E-state index contributed by atoms with van der Waals surface area (Å²) in [5.41, 5.74) is 2.12. The molecular formula is C25H31NO8. The third kappa shape index (κ3) is 5.78. The largest absolute Gasteiger partial charge is 0.493 e. The van der Waals surface area contributed by atoms with Gasteiger partial charge in [0, 0.05) is 24.8 Å². The zero-order valence-electron chi connectivity index (χ0n) is 20.2. The van der Waals surface area contributed by atoms with Crippen LogP contribution >= 0.6 is 0 Å². The monoisotopic (exact) mass is 473 g/mol. The van der Waals surface area contributed by atoms with Crippen molar-refractivity contribution in [1.82, 2.24) is 5.32 Å². The second-order valence-corrected chi connectivity index (χ2v) is 8.26. The van der Waals surface area contributed by atoms with Crippen LogP contribution in [-0.4, -0.2) is 65.2 Å². The Balaban J connectivity index is 1.86. The van der Waals surface area contributed by atoms with Gasteiger partial charge in [-0.3, -0.25) is 4.79 Å². The molecule has 1 aliphatic rings. The molecule has 1 N–H and O–H groups in total. The molecule has 1 aliphatic heterocycles. The van der Waals surface area contributed by atoms with Crippen LogP contribution in [0.5, 0.6) is 17.2 Å². The molecule has 34 heavy (non-hydrogen) atoms. The fraction of sp³-hybridized carbons (Fsp3) is 0.440. The SMILES string of the molecule is COCCOCC(=O)OC(C)(C)COc1c(-c2cccc3c2CNC3=O)ccc(OC)c1OC. The molecule has 9 heteroatoms. The van der Waals surface area contributed by atoms with E-state index in [9.17, 15) is 9.59 Å². The number of benzene rings is 2. The fourth-order valence-electron chi connectivity index (χ4n) is 3.67. The summed E-state index contributed by atoms with van der Waals surface area (Å²) < 4.78 is 32.9. The third-order valence-electron chi connectivity index (χ3n) is 5.24. The van der Waals surface area contributed by atoms with Crippen LogP contribution < -0.4 is 19.5 Å². The van der Waals surface area contributed by atoms with Crippen LogP contribution in [0.3, 0.4) is 0 Å². The lowest BCUT2D eigenvalue weighted by atomic mass is 9.95. The van der Waals surface area contributed by atoms with Crippen molar-refractivity contribution in [3.05, 3.63) is 41.5 Å². The number of carbonyl (C=O) groups is 2. The third-order valence-corrected chi connectivity index (χ3v) is 5.24. The maximum Gasteiger partial charge on any atom is 0.332 e. The van der Waals surface area contributed by atoms with Crippen molar-refractivity contribution in [3.63, 3.8) is 0 Å². The van der Waals surface area contributed by atoms with Gasteiger partial charge >= 0.3 is 5.97 Å². The number of esters is 1. The molecule has 0 radical (unpaired) electrons. The van der Waals surface area contributed by atoms with Crippen molar-refractivity contribution in [2.24, 2.45) is 0 Å². The van der Waals surface area contributed by atoms with Crippen molar-refractivity contribution in [3.8, 4) is 28.4 Å². The summed E-state index contributed by atoms with van der Waals surface area (Å²) in [6, 6.07) is 9.19. The van der Waals surface area contributed by atoms with E-state index in [4.69, 9.17) is 28.4 Å². The second kappa shape index (κ2) is 11.2. The zero-order valence-corrected chi connectivity index (χ0v) is 20.2. The van der Waals surface area contributed by atoms with Crippen molar-refractivity contribution in [2.45, 2.75) is 26.0 Å². The Morgan fingerprint density at radius 3 is 2.44 bits per heavy atom. The highest BCUT2D eigenvalue weighted by atomic mass is 16.6. The van der Waals surface area contributed by atoms with E-state index in [-0.39, 0.29) is 19.1 Å². The Bertz CT molecular complexity index is 1030. The van der Waals surface area contributed by atoms with Crippen molar-refractivity contribution < 1.29 is 38.0 Å². The summed E-state index contributed by atoms with van der Waals surface area (Å²) in [4.78, 5) is 24.4. The van der Waals surface area contributed by atoms with E-state index >= 15 is 0 Å². The molecule has 0 bridgehead atoms. The molecule has 1 amide bonds. The van der Waals surface area contributed by atoms with Gasteiger partial charge in [0.05, 0.1) is 27.4 Å². The van der Waals surface area contributed by atoms with Crippen LogP contribution in [0.1, 0.15) is 29.8 Å². The first-order chi connectivity index (χ1) is 16.3. The maximum absolute atomic E-state index is 12.2. The molecule has 184 valence electrons. The Morgan fingerprint density at radius 1 is 0.971 bits per heavy atom. The summed E-state index contributed by atoms with van der Waals surface area (Å²) in [5.74, 6) is 0.702. The van der Waals surface area contributed by atoms with Crippen molar-refractivity contribution in [1.29, 1.82) is 0 Å². The van der Waals surface area contributed by atoms with E-state index in [1.54, 1.807) is 40.2 Å². The minimum absolute atomic E-state index is 0.0412. The highest BCUT2D eigenvalue weighted by Crippen LogP contribution is 2.46. The van der Waals surface area contributed by atoms with Gasteiger partial charge in [-0.15, -0.1) is 0 Å². The summed E-state index contributed by atoms with van der Waals surface area (Å²) >= 11 is 0. The fourth-order valence-corrected chi connectivity index (χ4v) is 3.67. The number of rotatable bonds is 12. The van der Waals surface area contributed by atoms with E-state index in [0.717, 1.165) is 16.7 Å². The molecule has 0 aromatic heterocycles. The van der Waals surface area contributed by atoms with Gasteiger partial charge in [0.25, 0.3) is 5.91 Å².